The Morgan fingerprint density at radius 3 is 2.44 bits per heavy atom. The second-order valence-electron chi connectivity index (χ2n) is 5.93. The van der Waals surface area contributed by atoms with Crippen molar-refractivity contribution in [2.24, 2.45) is 10.8 Å². The maximum Gasteiger partial charge on any atom is 0.324 e. The van der Waals surface area contributed by atoms with Crippen molar-refractivity contribution in [2.45, 2.75) is 53.4 Å². The molecule has 3 nitrogen and oxygen atoms in total. The van der Waals surface area contributed by atoms with Crippen LogP contribution in [0.25, 0.3) is 0 Å². The molecule has 3 heteroatoms. The number of ketones is 1. The van der Waals surface area contributed by atoms with E-state index in [1.165, 1.54) is 0 Å². The molecule has 0 aromatic carbocycles. The Bertz CT molecular complexity index is 431. The number of hydrogen-bond acceptors (Lipinski definition) is 3. The van der Waals surface area contributed by atoms with Crippen LogP contribution in [0.3, 0.4) is 0 Å². The quantitative estimate of drug-likeness (QED) is 0.430. The molecule has 0 saturated heterocycles. The number of allylic oxidation sites excluding steroid dienone is 1. The lowest BCUT2D eigenvalue weighted by Gasteiger charge is -2.35. The van der Waals surface area contributed by atoms with Crippen molar-refractivity contribution in [1.29, 1.82) is 0 Å². The van der Waals surface area contributed by atoms with Crippen LogP contribution in [-0.2, 0) is 14.3 Å². The van der Waals surface area contributed by atoms with Crippen molar-refractivity contribution in [1.82, 2.24) is 0 Å². The summed E-state index contributed by atoms with van der Waals surface area (Å²) in [5.41, 5.74) is 0.915. The van der Waals surface area contributed by atoms with Crippen LogP contribution >= 0.6 is 0 Å². The van der Waals surface area contributed by atoms with Gasteiger partial charge >= 0.3 is 5.97 Å². The highest BCUT2D eigenvalue weighted by Gasteiger charge is 2.68. The van der Waals surface area contributed by atoms with Crippen LogP contribution in [0, 0.1) is 10.8 Å². The molecule has 2 aliphatic rings. The number of hydrogen-bond donors (Lipinski definition) is 0. The summed E-state index contributed by atoms with van der Waals surface area (Å²) in [6, 6.07) is 0. The van der Waals surface area contributed by atoms with Gasteiger partial charge in [-0.15, -0.1) is 0 Å². The Hall–Kier alpha value is -1.12. The van der Waals surface area contributed by atoms with Crippen molar-refractivity contribution in [3.8, 4) is 0 Å². The van der Waals surface area contributed by atoms with Crippen molar-refractivity contribution in [3.05, 3.63) is 11.1 Å². The van der Waals surface area contributed by atoms with Gasteiger partial charge in [0.15, 0.2) is 11.2 Å². The summed E-state index contributed by atoms with van der Waals surface area (Å²) in [5, 5.41) is 0. The molecule has 18 heavy (non-hydrogen) atoms. The summed E-state index contributed by atoms with van der Waals surface area (Å²) in [7, 11) is 0. The van der Waals surface area contributed by atoms with Gasteiger partial charge in [0.05, 0.1) is 6.61 Å². The van der Waals surface area contributed by atoms with Crippen molar-refractivity contribution in [3.63, 3.8) is 0 Å². The molecule has 2 fully saturated rings. The zero-order chi connectivity index (χ0) is 13.6. The van der Waals surface area contributed by atoms with Crippen molar-refractivity contribution in [2.75, 3.05) is 6.61 Å². The predicted octanol–water partition coefficient (Wildman–Crippen LogP) is 3.04. The molecule has 0 radical (unpaired) electrons. The minimum atomic E-state index is -0.970. The summed E-state index contributed by atoms with van der Waals surface area (Å²) in [6.45, 7) is 8.19. The Kier molecular flexibility index (Phi) is 3.12. The largest absolute Gasteiger partial charge is 0.465 e. The average molecular weight is 250 g/mol. The molecule has 2 saturated carbocycles. The van der Waals surface area contributed by atoms with Gasteiger partial charge in [-0.3, -0.25) is 9.59 Å². The Balaban J connectivity index is 2.62. The highest BCUT2D eigenvalue weighted by Crippen LogP contribution is 2.64. The summed E-state index contributed by atoms with van der Waals surface area (Å²) in [5.74, 6) is -0.249. The fourth-order valence-corrected chi connectivity index (χ4v) is 3.88. The second-order valence-corrected chi connectivity index (χ2v) is 5.93. The molecule has 2 rings (SSSR count). The van der Waals surface area contributed by atoms with E-state index in [0.29, 0.717) is 13.0 Å². The lowest BCUT2D eigenvalue weighted by molar-refractivity contribution is -0.160. The van der Waals surface area contributed by atoms with E-state index in [2.05, 4.69) is 6.92 Å². The zero-order valence-electron chi connectivity index (χ0n) is 11.8. The fraction of sp³-hybridized carbons (Fsp3) is 0.733. The summed E-state index contributed by atoms with van der Waals surface area (Å²) in [4.78, 5) is 25.0. The van der Waals surface area contributed by atoms with E-state index in [9.17, 15) is 9.59 Å². The smallest absolute Gasteiger partial charge is 0.324 e. The Morgan fingerprint density at radius 1 is 1.28 bits per heavy atom. The molecule has 0 bridgehead atoms. The number of Topliss-reactive ketones (excluding diaryl/α,β-unsaturated/α-hetero) is 1. The van der Waals surface area contributed by atoms with Gasteiger partial charge in [0.25, 0.3) is 0 Å². The van der Waals surface area contributed by atoms with Crippen LogP contribution in [-0.4, -0.2) is 18.4 Å². The molecule has 0 spiro atoms. The van der Waals surface area contributed by atoms with E-state index in [0.717, 1.165) is 30.4 Å². The van der Waals surface area contributed by atoms with Gasteiger partial charge in [-0.05, 0) is 51.0 Å². The zero-order valence-corrected chi connectivity index (χ0v) is 11.8. The third-order valence-corrected chi connectivity index (χ3v) is 4.79. The third kappa shape index (κ3) is 1.42. The first-order valence-corrected chi connectivity index (χ1v) is 6.77. The fourth-order valence-electron chi connectivity index (χ4n) is 3.88. The van der Waals surface area contributed by atoms with Crippen LogP contribution in [0.2, 0.25) is 0 Å². The first kappa shape index (κ1) is 13.3. The minimum absolute atomic E-state index is 0.0668. The number of esters is 1. The van der Waals surface area contributed by atoms with Gasteiger partial charge < -0.3 is 4.74 Å². The molecule has 0 aliphatic heterocycles. The second kappa shape index (κ2) is 4.22. The first-order chi connectivity index (χ1) is 8.40. The third-order valence-electron chi connectivity index (χ3n) is 4.79. The summed E-state index contributed by atoms with van der Waals surface area (Å²) >= 11 is 0. The van der Waals surface area contributed by atoms with Gasteiger partial charge in [-0.1, -0.05) is 12.5 Å². The van der Waals surface area contributed by atoms with E-state index >= 15 is 0 Å². The SMILES string of the molecule is CCOC(=O)[C@@]12C(=O)CC[C@]1(C)CCC2=C(C)C. The van der Waals surface area contributed by atoms with E-state index in [1.807, 2.05) is 13.8 Å². The van der Waals surface area contributed by atoms with Gasteiger partial charge in [0.1, 0.15) is 0 Å². The van der Waals surface area contributed by atoms with Crippen LogP contribution in [0.4, 0.5) is 0 Å². The van der Waals surface area contributed by atoms with E-state index in [1.54, 1.807) is 6.92 Å². The minimum Gasteiger partial charge on any atom is -0.465 e. The summed E-state index contributed by atoms with van der Waals surface area (Å²) in [6.07, 6.45) is 3.08. The molecule has 2 atom stereocenters. The molecular formula is C15H22O3. The highest BCUT2D eigenvalue weighted by molar-refractivity contribution is 6.10. The van der Waals surface area contributed by atoms with Gasteiger partial charge in [0.2, 0.25) is 0 Å². The van der Waals surface area contributed by atoms with Gasteiger partial charge in [-0.2, -0.15) is 0 Å². The maximum absolute atomic E-state index is 12.5. The van der Waals surface area contributed by atoms with Crippen LogP contribution < -0.4 is 0 Å². The van der Waals surface area contributed by atoms with Gasteiger partial charge in [-0.25, -0.2) is 0 Å². The van der Waals surface area contributed by atoms with E-state index < -0.39 is 5.41 Å². The molecule has 100 valence electrons. The molecule has 0 unspecified atom stereocenters. The average Bonchev–Trinajstić information content (AvgIpc) is 2.73. The molecule has 0 aromatic heterocycles. The van der Waals surface area contributed by atoms with E-state index in [4.69, 9.17) is 4.74 Å². The molecule has 0 amide bonds. The normalized spacial score (nSPS) is 34.7. The molecule has 2 aliphatic carbocycles. The van der Waals surface area contributed by atoms with Crippen LogP contribution in [0.1, 0.15) is 53.4 Å². The number of fused-ring (bicyclic) bond motifs is 1. The maximum atomic E-state index is 12.5. The molecule has 0 N–H and O–H groups in total. The highest BCUT2D eigenvalue weighted by atomic mass is 16.5. The molecule has 0 aromatic rings. The number of carbonyl (C=O) groups excluding carboxylic acids is 2. The van der Waals surface area contributed by atoms with E-state index in [-0.39, 0.29) is 17.2 Å². The van der Waals surface area contributed by atoms with Crippen molar-refractivity contribution >= 4 is 11.8 Å². The monoisotopic (exact) mass is 250 g/mol. The topological polar surface area (TPSA) is 43.4 Å². The standard InChI is InChI=1S/C15H22O3/c1-5-18-13(17)15-11(10(2)3)6-8-14(15,4)9-7-12(15)16/h5-9H2,1-4H3/t14-,15+/m0/s1. The van der Waals surface area contributed by atoms with Crippen LogP contribution in [0.5, 0.6) is 0 Å². The molecule has 0 heterocycles. The molecular weight excluding hydrogens is 228 g/mol. The Morgan fingerprint density at radius 2 is 1.89 bits per heavy atom. The van der Waals surface area contributed by atoms with Crippen molar-refractivity contribution < 1.29 is 14.3 Å². The number of rotatable bonds is 2. The number of ether oxygens (including phenoxy) is 1. The number of carbonyl (C=O) groups is 2. The summed E-state index contributed by atoms with van der Waals surface area (Å²) < 4.78 is 5.25. The van der Waals surface area contributed by atoms with Gasteiger partial charge in [0, 0.05) is 6.42 Å². The first-order valence-electron chi connectivity index (χ1n) is 6.77. The van der Waals surface area contributed by atoms with Crippen LogP contribution in [0.15, 0.2) is 11.1 Å². The lowest BCUT2D eigenvalue weighted by atomic mass is 9.66. The predicted molar refractivity (Wildman–Crippen MR) is 69.0 cm³/mol. The lowest BCUT2D eigenvalue weighted by Crippen LogP contribution is -2.45. The Labute approximate surface area is 109 Å².